The van der Waals surface area contributed by atoms with Crippen molar-refractivity contribution >= 4 is 5.78 Å². The van der Waals surface area contributed by atoms with Gasteiger partial charge in [0.15, 0.2) is 5.78 Å². The first kappa shape index (κ1) is 11.2. The van der Waals surface area contributed by atoms with E-state index in [2.05, 4.69) is 12.1 Å². The molecule has 0 aromatic heterocycles. The van der Waals surface area contributed by atoms with Crippen LogP contribution in [-0.4, -0.2) is 5.78 Å². The quantitative estimate of drug-likeness (QED) is 0.737. The maximum atomic E-state index is 12.4. The molecule has 0 saturated heterocycles. The van der Waals surface area contributed by atoms with Gasteiger partial charge in [-0.25, -0.2) is 0 Å². The molecule has 1 aliphatic carbocycles. The summed E-state index contributed by atoms with van der Waals surface area (Å²) in [6.45, 7) is 2.01. The number of hydrogen-bond acceptors (Lipinski definition) is 1. The van der Waals surface area contributed by atoms with Gasteiger partial charge in [0.2, 0.25) is 0 Å². The molecule has 2 atom stereocenters. The van der Waals surface area contributed by atoms with Crippen molar-refractivity contribution in [2.45, 2.75) is 19.3 Å². The van der Waals surface area contributed by atoms with Crippen molar-refractivity contribution in [3.8, 4) is 0 Å². The average Bonchev–Trinajstić information content (AvgIpc) is 3.20. The molecule has 0 spiro atoms. The molecule has 3 rings (SSSR count). The molecule has 0 radical (unpaired) electrons. The first-order valence-electron chi connectivity index (χ1n) is 6.42. The van der Waals surface area contributed by atoms with Crippen LogP contribution in [0, 0.1) is 12.8 Å². The molecule has 1 heteroatoms. The Morgan fingerprint density at radius 1 is 1.00 bits per heavy atom. The Morgan fingerprint density at radius 3 is 2.39 bits per heavy atom. The molecule has 1 nitrogen and oxygen atoms in total. The van der Waals surface area contributed by atoms with E-state index < -0.39 is 0 Å². The summed E-state index contributed by atoms with van der Waals surface area (Å²) >= 11 is 0. The minimum absolute atomic E-state index is 0.188. The lowest BCUT2D eigenvalue weighted by atomic mass is 9.99. The number of Topliss-reactive ketones (excluding diaryl/α,β-unsaturated/α-hetero) is 1. The monoisotopic (exact) mass is 236 g/mol. The van der Waals surface area contributed by atoms with Gasteiger partial charge in [-0.3, -0.25) is 4.79 Å². The second-order valence-electron chi connectivity index (χ2n) is 5.04. The van der Waals surface area contributed by atoms with E-state index in [1.54, 1.807) is 0 Å². The van der Waals surface area contributed by atoms with Crippen molar-refractivity contribution in [2.75, 3.05) is 0 Å². The minimum Gasteiger partial charge on any atom is -0.294 e. The summed E-state index contributed by atoms with van der Waals surface area (Å²) in [5.41, 5.74) is 3.27. The van der Waals surface area contributed by atoms with Gasteiger partial charge in [-0.2, -0.15) is 0 Å². The molecule has 2 aromatic rings. The fourth-order valence-electron chi connectivity index (χ4n) is 2.60. The zero-order chi connectivity index (χ0) is 12.5. The number of rotatable bonds is 3. The van der Waals surface area contributed by atoms with Crippen LogP contribution in [0.1, 0.15) is 33.8 Å². The highest BCUT2D eigenvalue weighted by Gasteiger charge is 2.44. The Morgan fingerprint density at radius 2 is 1.67 bits per heavy atom. The highest BCUT2D eigenvalue weighted by atomic mass is 16.1. The molecule has 2 aromatic carbocycles. The third-order valence-corrected chi connectivity index (χ3v) is 3.77. The molecule has 18 heavy (non-hydrogen) atoms. The second-order valence-corrected chi connectivity index (χ2v) is 5.04. The molecule has 90 valence electrons. The first-order chi connectivity index (χ1) is 8.77. The fourth-order valence-corrected chi connectivity index (χ4v) is 2.60. The Hall–Kier alpha value is -1.89. The number of carbonyl (C=O) groups is 1. The van der Waals surface area contributed by atoms with E-state index in [1.807, 2.05) is 49.4 Å². The molecule has 1 saturated carbocycles. The van der Waals surface area contributed by atoms with Crippen molar-refractivity contribution in [1.29, 1.82) is 0 Å². The summed E-state index contributed by atoms with van der Waals surface area (Å²) in [6, 6.07) is 18.2. The van der Waals surface area contributed by atoms with Crippen molar-refractivity contribution in [1.82, 2.24) is 0 Å². The van der Waals surface area contributed by atoms with Crippen LogP contribution in [0.3, 0.4) is 0 Å². The molecule has 2 unspecified atom stereocenters. The molecular formula is C17H16O. The van der Waals surface area contributed by atoms with Crippen molar-refractivity contribution in [3.05, 3.63) is 71.3 Å². The van der Waals surface area contributed by atoms with E-state index in [9.17, 15) is 4.79 Å². The molecule has 0 aliphatic heterocycles. The lowest BCUT2D eigenvalue weighted by molar-refractivity contribution is 0.0964. The lowest BCUT2D eigenvalue weighted by Gasteiger charge is -2.04. The molecular weight excluding hydrogens is 220 g/mol. The Bertz CT molecular complexity index is 571. The fraction of sp³-hybridized carbons (Fsp3) is 0.235. The number of aryl methyl sites for hydroxylation is 1. The predicted octanol–water partition coefficient (Wildman–Crippen LogP) is 3.98. The van der Waals surface area contributed by atoms with E-state index in [0.29, 0.717) is 11.7 Å². The highest BCUT2D eigenvalue weighted by molar-refractivity contribution is 6.01. The molecule has 1 aliphatic rings. The predicted molar refractivity (Wildman–Crippen MR) is 72.8 cm³/mol. The number of benzene rings is 2. The summed E-state index contributed by atoms with van der Waals surface area (Å²) in [4.78, 5) is 12.4. The first-order valence-corrected chi connectivity index (χ1v) is 6.42. The summed E-state index contributed by atoms with van der Waals surface area (Å²) in [7, 11) is 0. The SMILES string of the molecule is Cc1ccccc1C(=O)C1CC1c1ccccc1. The van der Waals surface area contributed by atoms with E-state index >= 15 is 0 Å². The van der Waals surface area contributed by atoms with Crippen LogP contribution in [0.2, 0.25) is 0 Å². The van der Waals surface area contributed by atoms with Gasteiger partial charge in [-0.15, -0.1) is 0 Å². The summed E-state index contributed by atoms with van der Waals surface area (Å²) in [6.07, 6.45) is 0.997. The van der Waals surface area contributed by atoms with Crippen LogP contribution in [0.15, 0.2) is 54.6 Å². The highest BCUT2D eigenvalue weighted by Crippen LogP contribution is 2.49. The standard InChI is InChI=1S/C17H16O/c1-12-7-5-6-10-14(12)17(18)16-11-15(16)13-8-3-2-4-9-13/h2-10,15-16H,11H2,1H3. The maximum absolute atomic E-state index is 12.4. The summed E-state index contributed by atoms with van der Waals surface area (Å²) < 4.78 is 0. The maximum Gasteiger partial charge on any atom is 0.166 e. The largest absolute Gasteiger partial charge is 0.294 e. The van der Waals surface area contributed by atoms with Crippen molar-refractivity contribution in [3.63, 3.8) is 0 Å². The van der Waals surface area contributed by atoms with Crippen LogP contribution < -0.4 is 0 Å². The van der Waals surface area contributed by atoms with Gasteiger partial charge in [-0.1, -0.05) is 54.6 Å². The minimum atomic E-state index is 0.188. The number of carbonyl (C=O) groups excluding carboxylic acids is 1. The van der Waals surface area contributed by atoms with Crippen LogP contribution in [0.4, 0.5) is 0 Å². The van der Waals surface area contributed by atoms with E-state index in [-0.39, 0.29) is 5.92 Å². The topological polar surface area (TPSA) is 17.1 Å². The normalized spacial score (nSPS) is 21.6. The van der Waals surface area contributed by atoms with Gasteiger partial charge in [-0.05, 0) is 30.4 Å². The van der Waals surface area contributed by atoms with Crippen LogP contribution >= 0.6 is 0 Å². The Balaban J connectivity index is 1.80. The smallest absolute Gasteiger partial charge is 0.166 e. The Labute approximate surface area is 107 Å². The van der Waals surface area contributed by atoms with Gasteiger partial charge in [0.05, 0.1) is 0 Å². The number of hydrogen-bond donors (Lipinski definition) is 0. The van der Waals surface area contributed by atoms with E-state index in [4.69, 9.17) is 0 Å². The zero-order valence-corrected chi connectivity index (χ0v) is 10.5. The lowest BCUT2D eigenvalue weighted by Crippen LogP contribution is -2.05. The van der Waals surface area contributed by atoms with Gasteiger partial charge in [0.1, 0.15) is 0 Å². The molecule has 0 bridgehead atoms. The third kappa shape index (κ3) is 1.97. The van der Waals surface area contributed by atoms with Crippen LogP contribution in [0.5, 0.6) is 0 Å². The van der Waals surface area contributed by atoms with E-state index in [1.165, 1.54) is 5.56 Å². The molecule has 0 heterocycles. The van der Waals surface area contributed by atoms with Gasteiger partial charge in [0, 0.05) is 11.5 Å². The van der Waals surface area contributed by atoms with Crippen LogP contribution in [0.25, 0.3) is 0 Å². The van der Waals surface area contributed by atoms with Crippen molar-refractivity contribution < 1.29 is 4.79 Å². The van der Waals surface area contributed by atoms with E-state index in [0.717, 1.165) is 17.5 Å². The van der Waals surface area contributed by atoms with Crippen molar-refractivity contribution in [2.24, 2.45) is 5.92 Å². The average molecular weight is 236 g/mol. The summed E-state index contributed by atoms with van der Waals surface area (Å²) in [5, 5.41) is 0. The third-order valence-electron chi connectivity index (χ3n) is 3.77. The van der Waals surface area contributed by atoms with Gasteiger partial charge < -0.3 is 0 Å². The number of ketones is 1. The summed E-state index contributed by atoms with van der Waals surface area (Å²) in [5.74, 6) is 0.925. The molecule has 0 N–H and O–H groups in total. The van der Waals surface area contributed by atoms with Gasteiger partial charge in [0.25, 0.3) is 0 Å². The van der Waals surface area contributed by atoms with Gasteiger partial charge >= 0.3 is 0 Å². The zero-order valence-electron chi connectivity index (χ0n) is 10.5. The second kappa shape index (κ2) is 4.41. The molecule has 1 fully saturated rings. The molecule has 0 amide bonds. The Kier molecular flexibility index (Phi) is 2.75. The van der Waals surface area contributed by atoms with Crippen LogP contribution in [-0.2, 0) is 0 Å².